The van der Waals surface area contributed by atoms with Gasteiger partial charge < -0.3 is 4.74 Å². The Morgan fingerprint density at radius 3 is 2.48 bits per heavy atom. The van der Waals surface area contributed by atoms with Crippen LogP contribution in [0.1, 0.15) is 17.0 Å². The van der Waals surface area contributed by atoms with E-state index in [4.69, 9.17) is 10.00 Å². The van der Waals surface area contributed by atoms with Gasteiger partial charge in [-0.1, -0.05) is 0 Å². The lowest BCUT2D eigenvalue weighted by molar-refractivity contribution is -0.123. The molecular weight excluding hydrogens is 346 g/mol. The molecule has 0 aliphatic carbocycles. The van der Waals surface area contributed by atoms with Crippen molar-refractivity contribution in [3.8, 4) is 11.8 Å². The molecule has 1 amide bonds. The summed E-state index contributed by atoms with van der Waals surface area (Å²) in [6, 6.07) is 8.14. The number of carbonyl (C=O) groups excluding carboxylic acids is 1. The maximum atomic E-state index is 12.3. The predicted molar refractivity (Wildman–Crippen MR) is 87.8 cm³/mol. The van der Waals surface area contributed by atoms with Crippen molar-refractivity contribution >= 4 is 15.9 Å². The summed E-state index contributed by atoms with van der Waals surface area (Å²) < 4.78 is 31.2. The van der Waals surface area contributed by atoms with Crippen LogP contribution in [0.5, 0.6) is 5.75 Å². The first-order valence-corrected chi connectivity index (χ1v) is 8.66. The number of aromatic nitrogens is 2. The zero-order valence-corrected chi connectivity index (χ0v) is 14.7. The van der Waals surface area contributed by atoms with Gasteiger partial charge in [0, 0.05) is 7.05 Å². The van der Waals surface area contributed by atoms with Crippen molar-refractivity contribution in [1.82, 2.24) is 20.0 Å². The Morgan fingerprint density at radius 1 is 1.32 bits per heavy atom. The average Bonchev–Trinajstić information content (AvgIpc) is 2.84. The van der Waals surface area contributed by atoms with E-state index in [2.05, 4.69) is 10.5 Å². The lowest BCUT2D eigenvalue weighted by atomic mass is 10.2. The van der Waals surface area contributed by atoms with E-state index >= 15 is 0 Å². The molecule has 2 aromatic rings. The van der Waals surface area contributed by atoms with Crippen molar-refractivity contribution in [3.63, 3.8) is 0 Å². The lowest BCUT2D eigenvalue weighted by Gasteiger charge is -2.10. The molecule has 0 spiro atoms. The monoisotopic (exact) mass is 363 g/mol. The molecule has 1 aromatic heterocycles. The van der Waals surface area contributed by atoms with Crippen LogP contribution in [0.2, 0.25) is 0 Å². The Kier molecular flexibility index (Phi) is 5.41. The number of benzene rings is 1. The maximum Gasteiger partial charge on any atom is 0.272 e. The molecule has 2 rings (SSSR count). The fourth-order valence-electron chi connectivity index (χ4n) is 2.13. The molecule has 0 radical (unpaired) electrons. The summed E-state index contributed by atoms with van der Waals surface area (Å²) in [5.74, 6) is -0.289. The first kappa shape index (κ1) is 18.4. The van der Waals surface area contributed by atoms with Gasteiger partial charge in [-0.25, -0.2) is 8.42 Å². The molecule has 0 saturated carbocycles. The van der Waals surface area contributed by atoms with Crippen LogP contribution in [0.4, 0.5) is 0 Å². The van der Waals surface area contributed by atoms with Crippen molar-refractivity contribution in [2.24, 2.45) is 7.05 Å². The topological polar surface area (TPSA) is 126 Å². The van der Waals surface area contributed by atoms with Crippen LogP contribution in [-0.4, -0.2) is 30.7 Å². The van der Waals surface area contributed by atoms with Crippen LogP contribution in [0.3, 0.4) is 0 Å². The fraction of sp³-hybridized carbons (Fsp3) is 0.267. The van der Waals surface area contributed by atoms with Gasteiger partial charge in [-0.3, -0.25) is 14.9 Å². The third kappa shape index (κ3) is 4.34. The second-order valence-corrected chi connectivity index (χ2v) is 6.82. The first-order valence-electron chi connectivity index (χ1n) is 7.18. The van der Waals surface area contributed by atoms with E-state index in [1.807, 2.05) is 10.9 Å². The number of hydrogen-bond donors (Lipinski definition) is 2. The quantitative estimate of drug-likeness (QED) is 0.711. The minimum atomic E-state index is -3.94. The highest BCUT2D eigenvalue weighted by atomic mass is 32.2. The van der Waals surface area contributed by atoms with Gasteiger partial charge in [0.1, 0.15) is 10.6 Å². The number of hydrazine groups is 1. The van der Waals surface area contributed by atoms with Crippen molar-refractivity contribution in [2.45, 2.75) is 18.7 Å². The zero-order valence-electron chi connectivity index (χ0n) is 13.9. The number of carbonyl (C=O) groups is 1. The highest BCUT2D eigenvalue weighted by molar-refractivity contribution is 7.89. The van der Waals surface area contributed by atoms with Crippen LogP contribution in [0.15, 0.2) is 29.2 Å². The molecule has 0 aliphatic rings. The number of nitriles is 1. The van der Waals surface area contributed by atoms with Crippen molar-refractivity contribution < 1.29 is 17.9 Å². The molecular formula is C15H17N5O4S. The van der Waals surface area contributed by atoms with Gasteiger partial charge in [0.2, 0.25) is 0 Å². The molecule has 9 nitrogen and oxygen atoms in total. The van der Waals surface area contributed by atoms with E-state index in [1.165, 1.54) is 4.68 Å². The summed E-state index contributed by atoms with van der Waals surface area (Å²) in [6.45, 7) is 2.79. The number of nitrogens with one attached hydrogen (secondary N) is 2. The number of sulfonamides is 1. The van der Waals surface area contributed by atoms with Crippen molar-refractivity contribution in [2.75, 3.05) is 6.61 Å². The number of amides is 1. The minimum Gasteiger partial charge on any atom is -0.484 e. The van der Waals surface area contributed by atoms with E-state index < -0.39 is 15.9 Å². The largest absolute Gasteiger partial charge is 0.484 e. The van der Waals surface area contributed by atoms with E-state index in [9.17, 15) is 13.2 Å². The van der Waals surface area contributed by atoms with Crippen molar-refractivity contribution in [3.05, 3.63) is 41.2 Å². The third-order valence-electron chi connectivity index (χ3n) is 3.39. The van der Waals surface area contributed by atoms with Gasteiger partial charge in [-0.2, -0.15) is 10.4 Å². The fourth-order valence-corrected chi connectivity index (χ4v) is 3.43. The molecule has 1 aromatic carbocycles. The summed E-state index contributed by atoms with van der Waals surface area (Å²) in [7, 11) is -2.31. The van der Waals surface area contributed by atoms with Gasteiger partial charge in [-0.05, 0) is 38.1 Å². The van der Waals surface area contributed by atoms with E-state index in [1.54, 1.807) is 45.2 Å². The highest BCUT2D eigenvalue weighted by Crippen LogP contribution is 2.17. The van der Waals surface area contributed by atoms with Gasteiger partial charge in [0.15, 0.2) is 6.61 Å². The Hall–Kier alpha value is -2.90. The van der Waals surface area contributed by atoms with Gasteiger partial charge in [0.05, 0.1) is 23.0 Å². The normalized spacial score (nSPS) is 11.0. The van der Waals surface area contributed by atoms with Crippen LogP contribution < -0.4 is 15.0 Å². The predicted octanol–water partition coefficient (Wildman–Crippen LogP) is 0.297. The van der Waals surface area contributed by atoms with Crippen LogP contribution >= 0.6 is 0 Å². The van der Waals surface area contributed by atoms with E-state index in [0.717, 1.165) is 0 Å². The highest BCUT2D eigenvalue weighted by Gasteiger charge is 2.24. The second-order valence-electron chi connectivity index (χ2n) is 5.20. The Balaban J connectivity index is 1.93. The van der Waals surface area contributed by atoms with Crippen LogP contribution in [0, 0.1) is 25.2 Å². The summed E-state index contributed by atoms with van der Waals surface area (Å²) in [4.78, 5) is 13.8. The van der Waals surface area contributed by atoms with Crippen molar-refractivity contribution in [1.29, 1.82) is 5.26 Å². The number of ether oxygens (including phenoxy) is 1. The molecule has 0 atom stereocenters. The minimum absolute atomic E-state index is 0.0170. The molecule has 10 heteroatoms. The smallest absolute Gasteiger partial charge is 0.272 e. The SMILES string of the molecule is Cc1nn(C)c(C)c1S(=O)(=O)NNC(=O)COc1ccc(C#N)cc1. The number of hydrogen-bond acceptors (Lipinski definition) is 6. The van der Waals surface area contributed by atoms with E-state index in [-0.39, 0.29) is 11.5 Å². The second kappa shape index (κ2) is 7.33. The Morgan fingerprint density at radius 2 is 1.96 bits per heavy atom. The molecule has 0 aliphatic heterocycles. The lowest BCUT2D eigenvalue weighted by Crippen LogP contribution is -2.44. The molecule has 25 heavy (non-hydrogen) atoms. The molecule has 132 valence electrons. The first-order chi connectivity index (χ1) is 11.7. The molecule has 0 unspecified atom stereocenters. The summed E-state index contributed by atoms with van der Waals surface area (Å²) >= 11 is 0. The van der Waals surface area contributed by atoms with Gasteiger partial charge in [-0.15, -0.1) is 4.83 Å². The maximum absolute atomic E-state index is 12.3. The van der Waals surface area contributed by atoms with Crippen LogP contribution in [0.25, 0.3) is 0 Å². The number of rotatable bonds is 6. The molecule has 0 bridgehead atoms. The average molecular weight is 363 g/mol. The summed E-state index contributed by atoms with van der Waals surface area (Å²) in [5.41, 5.74) is 3.33. The molecule has 1 heterocycles. The van der Waals surface area contributed by atoms with E-state index in [0.29, 0.717) is 22.7 Å². The zero-order chi connectivity index (χ0) is 18.6. The molecule has 2 N–H and O–H groups in total. The Bertz CT molecular complexity index is 926. The third-order valence-corrected chi connectivity index (χ3v) is 4.89. The summed E-state index contributed by atoms with van der Waals surface area (Å²) in [5, 5.41) is 12.7. The Labute approximate surface area is 145 Å². The van der Waals surface area contributed by atoms with Gasteiger partial charge in [0.25, 0.3) is 15.9 Å². The van der Waals surface area contributed by atoms with Gasteiger partial charge >= 0.3 is 0 Å². The summed E-state index contributed by atoms with van der Waals surface area (Å²) in [6.07, 6.45) is 0. The standard InChI is InChI=1S/C15H17N5O4S/c1-10-15(11(2)20(3)18-10)25(22,23)19-17-14(21)9-24-13-6-4-12(8-16)5-7-13/h4-7,19H,9H2,1-3H3,(H,17,21). The number of aryl methyl sites for hydroxylation is 2. The number of nitrogens with zero attached hydrogens (tertiary/aromatic N) is 3. The van der Waals surface area contributed by atoms with Crippen LogP contribution in [-0.2, 0) is 21.9 Å². The molecule has 0 saturated heterocycles. The molecule has 0 fully saturated rings.